The van der Waals surface area contributed by atoms with Gasteiger partial charge in [-0.1, -0.05) is 0 Å². The molecule has 2 N–H and O–H groups in total. The smallest absolute Gasteiger partial charge is 0.270 e. The Kier molecular flexibility index (Phi) is 2.92. The highest BCUT2D eigenvalue weighted by Gasteiger charge is 2.47. The molecule has 0 radical (unpaired) electrons. The minimum atomic E-state index is -1.31. The van der Waals surface area contributed by atoms with E-state index in [0.717, 1.165) is 5.01 Å². The first-order valence-electron chi connectivity index (χ1n) is 5.45. The van der Waals surface area contributed by atoms with Crippen LogP contribution in [0.5, 0.6) is 0 Å². The lowest BCUT2D eigenvalue weighted by molar-refractivity contribution is -0.134. The van der Waals surface area contributed by atoms with Gasteiger partial charge in [-0.2, -0.15) is 10.6 Å². The van der Waals surface area contributed by atoms with Gasteiger partial charge in [0, 0.05) is 12.6 Å². The Labute approximate surface area is 104 Å². The van der Waals surface area contributed by atoms with Crippen LogP contribution in [0.4, 0.5) is 4.39 Å². The molecule has 0 saturated carbocycles. The number of hydrogen-bond acceptors (Lipinski definition) is 4. The maximum atomic E-state index is 13.1. The Hall–Kier alpha value is -1.79. The Morgan fingerprint density at radius 1 is 1.50 bits per heavy atom. The number of likely N-dealkylation sites (N-methyl/N-ethyl adjacent to an activating group) is 1. The highest BCUT2D eigenvalue weighted by molar-refractivity contribution is 6.23. The Bertz CT molecular complexity index is 544. The molecule has 0 spiro atoms. The summed E-state index contributed by atoms with van der Waals surface area (Å²) in [4.78, 5) is 11.9. The highest BCUT2D eigenvalue weighted by atomic mass is 19.1. The van der Waals surface area contributed by atoms with E-state index >= 15 is 0 Å². The van der Waals surface area contributed by atoms with Crippen LogP contribution >= 0.6 is 0 Å². The van der Waals surface area contributed by atoms with Crippen molar-refractivity contribution in [2.24, 2.45) is 5.10 Å². The predicted molar refractivity (Wildman–Crippen MR) is 63.8 cm³/mol. The highest BCUT2D eigenvalue weighted by Crippen LogP contribution is 2.25. The van der Waals surface area contributed by atoms with Crippen molar-refractivity contribution < 1.29 is 14.4 Å². The number of hydroxylamine groups is 1. The molecule has 6 heteroatoms. The Morgan fingerprint density at radius 3 is 2.72 bits per heavy atom. The van der Waals surface area contributed by atoms with Crippen molar-refractivity contribution in [3.05, 3.63) is 35.1 Å². The van der Waals surface area contributed by atoms with Crippen molar-refractivity contribution in [3.8, 4) is 0 Å². The van der Waals surface area contributed by atoms with Crippen LogP contribution < -0.4 is 5.48 Å². The summed E-state index contributed by atoms with van der Waals surface area (Å²) in [5.74, 6) is -0.725. The van der Waals surface area contributed by atoms with Gasteiger partial charge >= 0.3 is 0 Å². The minimum Gasteiger partial charge on any atom is -0.315 e. The SMILES string of the molecule is Cc1cc(F)ccc1C1=NN(C)C(=O)C1(C)NO. The molecule has 96 valence electrons. The second kappa shape index (κ2) is 4.15. The topological polar surface area (TPSA) is 64.9 Å². The van der Waals surface area contributed by atoms with E-state index in [2.05, 4.69) is 5.10 Å². The predicted octanol–water partition coefficient (Wildman–Crippen LogP) is 1.05. The van der Waals surface area contributed by atoms with Crippen LogP contribution in [0.2, 0.25) is 0 Å². The zero-order valence-electron chi connectivity index (χ0n) is 10.4. The van der Waals surface area contributed by atoms with Gasteiger partial charge in [0.15, 0.2) is 5.54 Å². The molecule has 2 rings (SSSR count). The number of halogens is 1. The van der Waals surface area contributed by atoms with Crippen molar-refractivity contribution in [1.82, 2.24) is 10.5 Å². The number of hydrogen-bond donors (Lipinski definition) is 2. The molecule has 5 nitrogen and oxygen atoms in total. The molecule has 1 aromatic rings. The number of hydrazone groups is 1. The first-order chi connectivity index (χ1) is 8.40. The van der Waals surface area contributed by atoms with Gasteiger partial charge in [-0.15, -0.1) is 0 Å². The molecule has 1 aliphatic rings. The van der Waals surface area contributed by atoms with E-state index in [9.17, 15) is 14.4 Å². The van der Waals surface area contributed by atoms with Crippen LogP contribution in [-0.4, -0.2) is 34.4 Å². The molecule has 1 aromatic carbocycles. The molecular formula is C12H14FN3O2. The monoisotopic (exact) mass is 251 g/mol. The van der Waals surface area contributed by atoms with E-state index in [1.165, 1.54) is 26.1 Å². The van der Waals surface area contributed by atoms with Crippen LogP contribution in [0, 0.1) is 12.7 Å². The average Bonchev–Trinajstić information content (AvgIpc) is 2.55. The van der Waals surface area contributed by atoms with Crippen LogP contribution in [0.25, 0.3) is 0 Å². The van der Waals surface area contributed by atoms with Gasteiger partial charge in [-0.3, -0.25) is 4.79 Å². The summed E-state index contributed by atoms with van der Waals surface area (Å²) in [6.45, 7) is 3.25. The number of nitrogens with one attached hydrogen (secondary N) is 1. The molecule has 0 bridgehead atoms. The number of carbonyl (C=O) groups excluding carboxylic acids is 1. The van der Waals surface area contributed by atoms with Gasteiger partial charge in [0.2, 0.25) is 0 Å². The molecule has 1 heterocycles. The fourth-order valence-electron chi connectivity index (χ4n) is 2.04. The summed E-state index contributed by atoms with van der Waals surface area (Å²) >= 11 is 0. The first kappa shape index (κ1) is 12.7. The molecule has 0 aliphatic carbocycles. The largest absolute Gasteiger partial charge is 0.315 e. The van der Waals surface area contributed by atoms with Crippen molar-refractivity contribution in [2.45, 2.75) is 19.4 Å². The van der Waals surface area contributed by atoms with E-state index < -0.39 is 5.54 Å². The van der Waals surface area contributed by atoms with Crippen LogP contribution in [0.1, 0.15) is 18.1 Å². The van der Waals surface area contributed by atoms with Gasteiger partial charge in [-0.25, -0.2) is 9.40 Å². The first-order valence-corrected chi connectivity index (χ1v) is 5.45. The summed E-state index contributed by atoms with van der Waals surface area (Å²) in [6.07, 6.45) is 0. The molecular weight excluding hydrogens is 237 g/mol. The van der Waals surface area contributed by atoms with Gasteiger partial charge in [-0.05, 0) is 37.6 Å². The van der Waals surface area contributed by atoms with E-state index in [1.54, 1.807) is 13.0 Å². The maximum absolute atomic E-state index is 13.1. The summed E-state index contributed by atoms with van der Waals surface area (Å²) < 4.78 is 13.1. The summed E-state index contributed by atoms with van der Waals surface area (Å²) in [6, 6.07) is 4.20. The second-order valence-corrected chi connectivity index (χ2v) is 4.47. The lowest BCUT2D eigenvalue weighted by atomic mass is 9.89. The van der Waals surface area contributed by atoms with Crippen molar-refractivity contribution in [2.75, 3.05) is 7.05 Å². The van der Waals surface area contributed by atoms with Crippen LogP contribution in [0.15, 0.2) is 23.3 Å². The van der Waals surface area contributed by atoms with Gasteiger partial charge in [0.05, 0.1) is 0 Å². The van der Waals surface area contributed by atoms with Gasteiger partial charge in [0.25, 0.3) is 5.91 Å². The summed E-state index contributed by atoms with van der Waals surface area (Å²) in [5, 5.41) is 14.5. The molecule has 0 aromatic heterocycles. The van der Waals surface area contributed by atoms with E-state index in [4.69, 9.17) is 0 Å². The van der Waals surface area contributed by atoms with Crippen molar-refractivity contribution in [1.29, 1.82) is 0 Å². The molecule has 1 amide bonds. The molecule has 1 aliphatic heterocycles. The Balaban J connectivity index is 2.56. The molecule has 1 atom stereocenters. The minimum absolute atomic E-state index is 0.354. The van der Waals surface area contributed by atoms with Crippen LogP contribution in [0.3, 0.4) is 0 Å². The van der Waals surface area contributed by atoms with Crippen LogP contribution in [-0.2, 0) is 4.79 Å². The molecule has 0 saturated heterocycles. The fraction of sp³-hybridized carbons (Fsp3) is 0.333. The zero-order chi connectivity index (χ0) is 13.5. The summed E-state index contributed by atoms with van der Waals surface area (Å²) in [5.41, 5.74) is 2.33. The Morgan fingerprint density at radius 2 is 2.17 bits per heavy atom. The number of amides is 1. The molecule has 18 heavy (non-hydrogen) atoms. The molecule has 1 unspecified atom stereocenters. The quantitative estimate of drug-likeness (QED) is 0.772. The number of benzene rings is 1. The number of aryl methyl sites for hydroxylation is 1. The lowest BCUT2D eigenvalue weighted by Crippen LogP contribution is -2.54. The maximum Gasteiger partial charge on any atom is 0.270 e. The zero-order valence-corrected chi connectivity index (χ0v) is 10.4. The van der Waals surface area contributed by atoms with Gasteiger partial charge < -0.3 is 5.21 Å². The lowest BCUT2D eigenvalue weighted by Gasteiger charge is -2.22. The second-order valence-electron chi connectivity index (χ2n) is 4.47. The third kappa shape index (κ3) is 1.70. The van der Waals surface area contributed by atoms with Gasteiger partial charge in [0.1, 0.15) is 11.5 Å². The standard InChI is InChI=1S/C12H14FN3O2/c1-7-6-8(13)4-5-9(7)10-12(2,15-18)11(17)16(3)14-10/h4-6,15,18H,1-3H3. The number of carbonyl (C=O) groups is 1. The third-order valence-corrected chi connectivity index (χ3v) is 3.11. The normalized spacial score (nSPS) is 23.5. The number of nitrogens with zero attached hydrogens (tertiary/aromatic N) is 2. The number of rotatable bonds is 2. The molecule has 0 fully saturated rings. The average molecular weight is 251 g/mol. The van der Waals surface area contributed by atoms with E-state index in [0.29, 0.717) is 16.8 Å². The van der Waals surface area contributed by atoms with Crippen molar-refractivity contribution >= 4 is 11.6 Å². The summed E-state index contributed by atoms with van der Waals surface area (Å²) in [7, 11) is 1.50. The van der Waals surface area contributed by atoms with Crippen molar-refractivity contribution in [3.63, 3.8) is 0 Å². The van der Waals surface area contributed by atoms with E-state index in [-0.39, 0.29) is 11.7 Å². The third-order valence-electron chi connectivity index (χ3n) is 3.11. The van der Waals surface area contributed by atoms with E-state index in [1.807, 2.05) is 5.48 Å². The fourth-order valence-corrected chi connectivity index (χ4v) is 2.04.